The zero-order chi connectivity index (χ0) is 17.1. The Balaban J connectivity index is 1.53. The Hall–Kier alpha value is -2.21. The molecule has 1 aliphatic heterocycles. The van der Waals surface area contributed by atoms with Gasteiger partial charge in [-0.25, -0.2) is 4.98 Å². The van der Waals surface area contributed by atoms with E-state index < -0.39 is 0 Å². The summed E-state index contributed by atoms with van der Waals surface area (Å²) in [7, 11) is 0. The quantitative estimate of drug-likeness (QED) is 0.776. The lowest BCUT2D eigenvalue weighted by Crippen LogP contribution is -2.45. The SMILES string of the molecule is Clc1cccc(-c2cnc(CN3CCNCC3c3cccnc3)o2)c1. The summed E-state index contributed by atoms with van der Waals surface area (Å²) in [5.41, 5.74) is 2.15. The molecule has 25 heavy (non-hydrogen) atoms. The second-order valence-corrected chi connectivity index (χ2v) is 6.54. The average Bonchev–Trinajstić information content (AvgIpc) is 3.12. The molecule has 4 rings (SSSR count). The van der Waals surface area contributed by atoms with Crippen molar-refractivity contribution in [2.24, 2.45) is 0 Å². The second-order valence-electron chi connectivity index (χ2n) is 6.11. The molecular weight excluding hydrogens is 336 g/mol. The van der Waals surface area contributed by atoms with Crippen molar-refractivity contribution in [1.29, 1.82) is 0 Å². The summed E-state index contributed by atoms with van der Waals surface area (Å²) in [6, 6.07) is 12.0. The Kier molecular flexibility index (Phi) is 4.78. The van der Waals surface area contributed by atoms with E-state index in [1.54, 1.807) is 12.4 Å². The maximum atomic E-state index is 6.06. The molecule has 2 aromatic heterocycles. The Bertz CT molecular complexity index is 836. The molecule has 3 aromatic rings. The number of oxazole rings is 1. The van der Waals surface area contributed by atoms with Gasteiger partial charge >= 0.3 is 0 Å². The molecule has 0 radical (unpaired) electrons. The van der Waals surface area contributed by atoms with Crippen molar-refractivity contribution in [3.63, 3.8) is 0 Å². The first-order chi connectivity index (χ1) is 12.3. The molecule has 0 amide bonds. The molecule has 0 bridgehead atoms. The molecule has 1 saturated heterocycles. The minimum Gasteiger partial charge on any atom is -0.439 e. The fourth-order valence-corrected chi connectivity index (χ4v) is 3.36. The number of nitrogens with zero attached hydrogens (tertiary/aromatic N) is 3. The first-order valence-corrected chi connectivity index (χ1v) is 8.73. The summed E-state index contributed by atoms with van der Waals surface area (Å²) in [6.07, 6.45) is 5.50. The number of benzene rings is 1. The smallest absolute Gasteiger partial charge is 0.209 e. The summed E-state index contributed by atoms with van der Waals surface area (Å²) >= 11 is 6.06. The van der Waals surface area contributed by atoms with Gasteiger partial charge in [0.1, 0.15) is 0 Å². The van der Waals surface area contributed by atoms with Gasteiger partial charge < -0.3 is 9.73 Å². The molecule has 0 saturated carbocycles. The highest BCUT2D eigenvalue weighted by Crippen LogP contribution is 2.26. The molecule has 6 heteroatoms. The summed E-state index contributed by atoms with van der Waals surface area (Å²) in [4.78, 5) is 11.1. The minimum atomic E-state index is 0.268. The monoisotopic (exact) mass is 354 g/mol. The predicted octanol–water partition coefficient (Wildman–Crippen LogP) is 3.54. The van der Waals surface area contributed by atoms with E-state index in [0.29, 0.717) is 17.5 Å². The van der Waals surface area contributed by atoms with Crippen LogP contribution in [0.4, 0.5) is 0 Å². The fourth-order valence-electron chi connectivity index (χ4n) is 3.17. The van der Waals surface area contributed by atoms with E-state index in [0.717, 1.165) is 31.0 Å². The third-order valence-corrected chi connectivity index (χ3v) is 4.66. The maximum Gasteiger partial charge on any atom is 0.209 e. The topological polar surface area (TPSA) is 54.2 Å². The van der Waals surface area contributed by atoms with Gasteiger partial charge in [0, 0.05) is 48.7 Å². The third kappa shape index (κ3) is 3.74. The molecular formula is C19H19ClN4O. The first kappa shape index (κ1) is 16.3. The van der Waals surface area contributed by atoms with Crippen molar-refractivity contribution in [3.8, 4) is 11.3 Å². The highest BCUT2D eigenvalue weighted by atomic mass is 35.5. The van der Waals surface area contributed by atoms with Gasteiger partial charge in [0.15, 0.2) is 5.76 Å². The van der Waals surface area contributed by atoms with E-state index in [1.165, 1.54) is 5.56 Å². The van der Waals surface area contributed by atoms with Crippen LogP contribution in [0.1, 0.15) is 17.5 Å². The first-order valence-electron chi connectivity index (χ1n) is 8.35. The molecule has 1 atom stereocenters. The Labute approximate surface area is 151 Å². The molecule has 128 valence electrons. The summed E-state index contributed by atoms with van der Waals surface area (Å²) in [5, 5.41) is 4.14. The lowest BCUT2D eigenvalue weighted by atomic mass is 10.1. The standard InChI is InChI=1S/C19H19ClN4O/c20-16-5-1-3-14(9-16)18-12-23-19(25-18)13-24-8-7-22-11-17(24)15-4-2-6-21-10-15/h1-6,9-10,12,17,22H,7-8,11,13H2. The third-order valence-electron chi connectivity index (χ3n) is 4.42. The Morgan fingerprint density at radius 3 is 3.04 bits per heavy atom. The van der Waals surface area contributed by atoms with Crippen molar-refractivity contribution in [3.05, 3.63) is 71.5 Å². The van der Waals surface area contributed by atoms with Crippen LogP contribution in [0.3, 0.4) is 0 Å². The minimum absolute atomic E-state index is 0.268. The van der Waals surface area contributed by atoms with E-state index >= 15 is 0 Å². The molecule has 5 nitrogen and oxygen atoms in total. The van der Waals surface area contributed by atoms with Crippen molar-refractivity contribution < 1.29 is 4.42 Å². The van der Waals surface area contributed by atoms with Gasteiger partial charge in [-0.3, -0.25) is 9.88 Å². The van der Waals surface area contributed by atoms with Gasteiger partial charge in [0.25, 0.3) is 0 Å². The van der Waals surface area contributed by atoms with Gasteiger partial charge in [0.05, 0.1) is 12.7 Å². The molecule has 3 heterocycles. The van der Waals surface area contributed by atoms with Crippen molar-refractivity contribution >= 4 is 11.6 Å². The van der Waals surface area contributed by atoms with E-state index in [-0.39, 0.29) is 6.04 Å². The predicted molar refractivity (Wildman–Crippen MR) is 97.2 cm³/mol. The summed E-state index contributed by atoms with van der Waals surface area (Å²) in [5.74, 6) is 1.45. The van der Waals surface area contributed by atoms with Gasteiger partial charge in [-0.2, -0.15) is 0 Å². The van der Waals surface area contributed by atoms with Crippen LogP contribution in [0.15, 0.2) is 59.4 Å². The molecule has 1 unspecified atom stereocenters. The van der Waals surface area contributed by atoms with Crippen molar-refractivity contribution in [2.75, 3.05) is 19.6 Å². The van der Waals surface area contributed by atoms with E-state index in [2.05, 4.69) is 26.3 Å². The van der Waals surface area contributed by atoms with Crippen LogP contribution >= 0.6 is 11.6 Å². The van der Waals surface area contributed by atoms with Gasteiger partial charge in [-0.1, -0.05) is 29.8 Å². The normalized spacial score (nSPS) is 18.4. The van der Waals surface area contributed by atoms with Crippen molar-refractivity contribution in [2.45, 2.75) is 12.6 Å². The number of piperazine rings is 1. The largest absolute Gasteiger partial charge is 0.439 e. The number of aromatic nitrogens is 2. The molecule has 0 aliphatic carbocycles. The van der Waals surface area contributed by atoms with E-state index in [1.807, 2.05) is 36.5 Å². The van der Waals surface area contributed by atoms with Crippen LogP contribution in [-0.2, 0) is 6.54 Å². The summed E-state index contributed by atoms with van der Waals surface area (Å²) in [6.45, 7) is 3.46. The average molecular weight is 355 g/mol. The number of nitrogens with one attached hydrogen (secondary N) is 1. The van der Waals surface area contributed by atoms with Crippen molar-refractivity contribution in [1.82, 2.24) is 20.2 Å². The Morgan fingerprint density at radius 1 is 1.24 bits per heavy atom. The van der Waals surface area contributed by atoms with Crippen LogP contribution in [0.25, 0.3) is 11.3 Å². The van der Waals surface area contributed by atoms with E-state index in [4.69, 9.17) is 16.0 Å². The number of hydrogen-bond donors (Lipinski definition) is 1. The molecule has 1 aromatic carbocycles. The molecule has 1 aliphatic rings. The van der Waals surface area contributed by atoms with Gasteiger partial charge in [0.2, 0.25) is 5.89 Å². The highest BCUT2D eigenvalue weighted by molar-refractivity contribution is 6.30. The maximum absolute atomic E-state index is 6.06. The number of halogens is 1. The zero-order valence-corrected chi connectivity index (χ0v) is 14.5. The lowest BCUT2D eigenvalue weighted by molar-refractivity contribution is 0.140. The molecule has 0 spiro atoms. The number of pyridine rings is 1. The van der Waals surface area contributed by atoms with Crippen LogP contribution in [-0.4, -0.2) is 34.5 Å². The second kappa shape index (κ2) is 7.35. The number of rotatable bonds is 4. The number of hydrogen-bond acceptors (Lipinski definition) is 5. The zero-order valence-electron chi connectivity index (χ0n) is 13.7. The van der Waals surface area contributed by atoms with Crippen LogP contribution in [0, 0.1) is 0 Å². The summed E-state index contributed by atoms with van der Waals surface area (Å²) < 4.78 is 5.96. The van der Waals surface area contributed by atoms with Gasteiger partial charge in [-0.05, 0) is 23.8 Å². The Morgan fingerprint density at radius 2 is 2.20 bits per heavy atom. The molecule has 1 N–H and O–H groups in total. The van der Waals surface area contributed by atoms with Gasteiger partial charge in [-0.15, -0.1) is 0 Å². The van der Waals surface area contributed by atoms with Crippen LogP contribution in [0.5, 0.6) is 0 Å². The molecule has 1 fully saturated rings. The fraction of sp³-hybridized carbons (Fsp3) is 0.263. The highest BCUT2D eigenvalue weighted by Gasteiger charge is 2.25. The van der Waals surface area contributed by atoms with Crippen LogP contribution in [0.2, 0.25) is 5.02 Å². The van der Waals surface area contributed by atoms with E-state index in [9.17, 15) is 0 Å². The lowest BCUT2D eigenvalue weighted by Gasteiger charge is -2.35. The van der Waals surface area contributed by atoms with Crippen LogP contribution < -0.4 is 5.32 Å².